The molecule has 0 spiro atoms. The van der Waals surface area contributed by atoms with E-state index in [2.05, 4.69) is 40.1 Å². The van der Waals surface area contributed by atoms with E-state index in [0.29, 0.717) is 18.1 Å². The largest absolute Gasteiger partial charge is 0.357 e. The molecule has 0 fully saturated rings. The summed E-state index contributed by atoms with van der Waals surface area (Å²) < 4.78 is 0. The number of hydrogen-bond donors (Lipinski definition) is 1. The molecular formula is C18H24N4O. The highest BCUT2D eigenvalue weighted by Gasteiger charge is 2.13. The van der Waals surface area contributed by atoms with Gasteiger partial charge in [0.2, 0.25) is 0 Å². The molecule has 0 aliphatic carbocycles. The third-order valence-corrected chi connectivity index (χ3v) is 3.68. The predicted molar refractivity (Wildman–Crippen MR) is 92.7 cm³/mol. The molecule has 0 unspecified atom stereocenters. The molecule has 2 rings (SSSR count). The van der Waals surface area contributed by atoms with Crippen LogP contribution in [0.2, 0.25) is 0 Å². The lowest BCUT2D eigenvalue weighted by Gasteiger charge is -2.20. The number of carbonyl (C=O) groups is 1. The average molecular weight is 312 g/mol. The zero-order valence-electron chi connectivity index (χ0n) is 14.3. The second-order valence-corrected chi connectivity index (χ2v) is 5.50. The molecule has 1 amide bonds. The first-order valence-corrected chi connectivity index (χ1v) is 7.97. The first-order valence-electron chi connectivity index (χ1n) is 7.97. The van der Waals surface area contributed by atoms with Gasteiger partial charge in [0.15, 0.2) is 0 Å². The normalized spacial score (nSPS) is 10.4. The fourth-order valence-electron chi connectivity index (χ4n) is 2.47. The van der Waals surface area contributed by atoms with Gasteiger partial charge in [-0.2, -0.15) is 0 Å². The van der Waals surface area contributed by atoms with Gasteiger partial charge in [-0.25, -0.2) is 9.97 Å². The minimum absolute atomic E-state index is 0.176. The second kappa shape index (κ2) is 7.72. The van der Waals surface area contributed by atoms with Crippen molar-refractivity contribution in [1.82, 2.24) is 15.3 Å². The summed E-state index contributed by atoms with van der Waals surface area (Å²) in [6, 6.07) is 9.85. The molecule has 0 radical (unpaired) electrons. The van der Waals surface area contributed by atoms with Crippen LogP contribution in [0.5, 0.6) is 0 Å². The van der Waals surface area contributed by atoms with Gasteiger partial charge in [0.25, 0.3) is 5.91 Å². The molecule has 2 aromatic rings. The van der Waals surface area contributed by atoms with Crippen LogP contribution in [0.15, 0.2) is 30.3 Å². The number of benzene rings is 1. The molecule has 1 heterocycles. The second-order valence-electron chi connectivity index (χ2n) is 5.50. The first-order chi connectivity index (χ1) is 11.0. The van der Waals surface area contributed by atoms with Gasteiger partial charge in [0.1, 0.15) is 17.3 Å². The highest BCUT2D eigenvalue weighted by molar-refractivity contribution is 5.92. The molecule has 0 aliphatic rings. The maximum absolute atomic E-state index is 12.4. The fraction of sp³-hybridized carbons (Fsp3) is 0.389. The van der Waals surface area contributed by atoms with E-state index < -0.39 is 0 Å². The van der Waals surface area contributed by atoms with Crippen LogP contribution in [0.1, 0.15) is 41.3 Å². The Morgan fingerprint density at radius 3 is 2.52 bits per heavy atom. The van der Waals surface area contributed by atoms with Crippen molar-refractivity contribution in [1.29, 1.82) is 0 Å². The van der Waals surface area contributed by atoms with Crippen molar-refractivity contribution in [3.8, 4) is 0 Å². The number of aromatic nitrogens is 2. The van der Waals surface area contributed by atoms with E-state index in [1.165, 1.54) is 5.56 Å². The van der Waals surface area contributed by atoms with Crippen molar-refractivity contribution >= 4 is 11.7 Å². The summed E-state index contributed by atoms with van der Waals surface area (Å²) in [6.45, 7) is 10.2. The van der Waals surface area contributed by atoms with Gasteiger partial charge < -0.3 is 10.2 Å². The van der Waals surface area contributed by atoms with Gasteiger partial charge in [0.05, 0.1) is 0 Å². The van der Waals surface area contributed by atoms with Crippen molar-refractivity contribution in [2.75, 3.05) is 18.0 Å². The predicted octanol–water partition coefficient (Wildman–Crippen LogP) is 2.87. The minimum Gasteiger partial charge on any atom is -0.357 e. The Balaban J connectivity index is 2.12. The Morgan fingerprint density at radius 2 is 1.87 bits per heavy atom. The Hall–Kier alpha value is -2.43. The monoisotopic (exact) mass is 312 g/mol. The summed E-state index contributed by atoms with van der Waals surface area (Å²) >= 11 is 0. The maximum atomic E-state index is 12.4. The molecular weight excluding hydrogens is 288 g/mol. The summed E-state index contributed by atoms with van der Waals surface area (Å²) in [4.78, 5) is 23.2. The van der Waals surface area contributed by atoms with Gasteiger partial charge >= 0.3 is 0 Å². The highest BCUT2D eigenvalue weighted by Crippen LogP contribution is 2.12. The van der Waals surface area contributed by atoms with Crippen LogP contribution in [0, 0.1) is 13.8 Å². The number of nitrogens with one attached hydrogen (secondary N) is 1. The lowest BCUT2D eigenvalue weighted by Crippen LogP contribution is -2.27. The lowest BCUT2D eigenvalue weighted by molar-refractivity contribution is 0.0945. The van der Waals surface area contributed by atoms with E-state index in [4.69, 9.17) is 0 Å². The molecule has 1 aromatic heterocycles. The minimum atomic E-state index is -0.176. The van der Waals surface area contributed by atoms with E-state index in [9.17, 15) is 4.79 Å². The van der Waals surface area contributed by atoms with Gasteiger partial charge in [-0.1, -0.05) is 29.8 Å². The van der Waals surface area contributed by atoms with Crippen LogP contribution in [-0.4, -0.2) is 29.0 Å². The standard InChI is InChI=1S/C18H24N4O/c1-5-22(6-2)17-11-16(20-14(4)21-17)18(23)19-12-15-9-7-8-13(3)10-15/h7-11H,5-6,12H2,1-4H3,(H,19,23). The highest BCUT2D eigenvalue weighted by atomic mass is 16.1. The molecule has 0 saturated heterocycles. The molecule has 122 valence electrons. The molecule has 5 nitrogen and oxygen atoms in total. The molecule has 5 heteroatoms. The van der Waals surface area contributed by atoms with Crippen molar-refractivity contribution in [3.05, 3.63) is 53.0 Å². The van der Waals surface area contributed by atoms with Gasteiger partial charge in [-0.05, 0) is 33.3 Å². The Morgan fingerprint density at radius 1 is 1.13 bits per heavy atom. The smallest absolute Gasteiger partial charge is 0.270 e. The van der Waals surface area contributed by atoms with Crippen LogP contribution in [-0.2, 0) is 6.54 Å². The number of aryl methyl sites for hydroxylation is 2. The summed E-state index contributed by atoms with van der Waals surface area (Å²) in [5.41, 5.74) is 2.67. The number of amides is 1. The van der Waals surface area contributed by atoms with E-state index in [0.717, 1.165) is 24.5 Å². The topological polar surface area (TPSA) is 58.1 Å². The molecule has 0 aliphatic heterocycles. The molecule has 1 N–H and O–H groups in total. The van der Waals surface area contributed by atoms with Crippen LogP contribution in [0.4, 0.5) is 5.82 Å². The van der Waals surface area contributed by atoms with Gasteiger partial charge in [-0.3, -0.25) is 4.79 Å². The number of rotatable bonds is 6. The molecule has 0 saturated carbocycles. The summed E-state index contributed by atoms with van der Waals surface area (Å²) in [5.74, 6) is 1.23. The summed E-state index contributed by atoms with van der Waals surface area (Å²) in [6.07, 6.45) is 0. The zero-order chi connectivity index (χ0) is 16.8. The number of anilines is 1. The molecule has 1 aromatic carbocycles. The average Bonchev–Trinajstić information content (AvgIpc) is 2.53. The summed E-state index contributed by atoms with van der Waals surface area (Å²) in [5, 5.41) is 2.92. The van der Waals surface area contributed by atoms with Crippen LogP contribution in [0.3, 0.4) is 0 Å². The molecule has 0 atom stereocenters. The quantitative estimate of drug-likeness (QED) is 0.891. The number of hydrogen-bond acceptors (Lipinski definition) is 4. The maximum Gasteiger partial charge on any atom is 0.270 e. The van der Waals surface area contributed by atoms with E-state index in [1.807, 2.05) is 32.0 Å². The van der Waals surface area contributed by atoms with Crippen molar-refractivity contribution in [2.24, 2.45) is 0 Å². The lowest BCUT2D eigenvalue weighted by atomic mass is 10.1. The molecule has 23 heavy (non-hydrogen) atoms. The Bertz CT molecular complexity index is 680. The van der Waals surface area contributed by atoms with E-state index in [1.54, 1.807) is 6.07 Å². The van der Waals surface area contributed by atoms with E-state index in [-0.39, 0.29) is 5.91 Å². The van der Waals surface area contributed by atoms with E-state index >= 15 is 0 Å². The van der Waals surface area contributed by atoms with Crippen LogP contribution < -0.4 is 10.2 Å². The fourth-order valence-corrected chi connectivity index (χ4v) is 2.47. The van der Waals surface area contributed by atoms with Crippen LogP contribution in [0.25, 0.3) is 0 Å². The zero-order valence-corrected chi connectivity index (χ0v) is 14.3. The SMILES string of the molecule is CCN(CC)c1cc(C(=O)NCc2cccc(C)c2)nc(C)n1. The van der Waals surface area contributed by atoms with Crippen LogP contribution >= 0.6 is 0 Å². The Kier molecular flexibility index (Phi) is 5.68. The van der Waals surface area contributed by atoms with Crippen molar-refractivity contribution in [2.45, 2.75) is 34.2 Å². The number of carbonyl (C=O) groups excluding carboxylic acids is 1. The first kappa shape index (κ1) is 16.9. The molecule has 0 bridgehead atoms. The third kappa shape index (κ3) is 4.52. The summed E-state index contributed by atoms with van der Waals surface area (Å²) in [7, 11) is 0. The number of nitrogens with zero attached hydrogens (tertiary/aromatic N) is 3. The van der Waals surface area contributed by atoms with Gasteiger partial charge in [-0.15, -0.1) is 0 Å². The van der Waals surface area contributed by atoms with Gasteiger partial charge in [0, 0.05) is 25.7 Å². The van der Waals surface area contributed by atoms with Crippen molar-refractivity contribution in [3.63, 3.8) is 0 Å². The van der Waals surface area contributed by atoms with Crippen molar-refractivity contribution < 1.29 is 4.79 Å². The third-order valence-electron chi connectivity index (χ3n) is 3.68. The Labute approximate surface area is 137 Å².